The first-order chi connectivity index (χ1) is 14.0. The van der Waals surface area contributed by atoms with E-state index in [2.05, 4.69) is 30.9 Å². The molecule has 0 saturated carbocycles. The van der Waals surface area contributed by atoms with Gasteiger partial charge in [0.15, 0.2) is 0 Å². The van der Waals surface area contributed by atoms with Crippen molar-refractivity contribution in [2.75, 3.05) is 14.2 Å². The average molecular weight is 434 g/mol. The topological polar surface area (TPSA) is 85.5 Å². The van der Waals surface area contributed by atoms with Crippen LogP contribution >= 0.6 is 0 Å². The fraction of sp³-hybridized carbons (Fsp3) is 0.333. The molecule has 30 heavy (non-hydrogen) atoms. The largest absolute Gasteiger partial charge is 0.495 e. The first kappa shape index (κ1) is 21.9. The molecule has 0 aliphatic heterocycles. The van der Waals surface area contributed by atoms with Gasteiger partial charge in [0.1, 0.15) is 16.5 Å². The van der Waals surface area contributed by atoms with E-state index in [1.54, 1.807) is 0 Å². The number of aromatic nitrogens is 2. The Balaban J connectivity index is 1.81. The molecular weight excluding hydrogens is 409 g/mol. The molecule has 0 saturated heterocycles. The van der Waals surface area contributed by atoms with Crippen LogP contribution in [-0.2, 0) is 22.0 Å². The van der Waals surface area contributed by atoms with Crippen molar-refractivity contribution in [3.63, 3.8) is 0 Å². The van der Waals surface area contributed by atoms with E-state index >= 15 is 0 Å². The number of hydrogen-bond acceptors (Lipinski definition) is 6. The molecule has 0 amide bonds. The van der Waals surface area contributed by atoms with Crippen molar-refractivity contribution in [3.8, 4) is 17.1 Å². The Bertz CT molecular complexity index is 1140. The maximum Gasteiger partial charge on any atom is 0.247 e. The minimum atomic E-state index is -4.04. The van der Waals surface area contributed by atoms with Crippen molar-refractivity contribution in [3.05, 3.63) is 59.7 Å². The van der Waals surface area contributed by atoms with Gasteiger partial charge >= 0.3 is 0 Å². The zero-order chi connectivity index (χ0) is 22.1. The molecule has 0 N–H and O–H groups in total. The van der Waals surface area contributed by atoms with Gasteiger partial charge in [-0.25, -0.2) is 12.8 Å². The highest BCUT2D eigenvalue weighted by Gasteiger charge is 2.27. The predicted octanol–water partition coefficient (Wildman–Crippen LogP) is 4.00. The van der Waals surface area contributed by atoms with Crippen LogP contribution in [0.2, 0.25) is 0 Å². The first-order valence-corrected chi connectivity index (χ1v) is 10.7. The zero-order valence-corrected chi connectivity index (χ0v) is 18.3. The highest BCUT2D eigenvalue weighted by Crippen LogP contribution is 2.28. The van der Waals surface area contributed by atoms with Crippen LogP contribution in [-0.4, -0.2) is 37.0 Å². The van der Waals surface area contributed by atoms with Crippen LogP contribution in [0, 0.1) is 5.82 Å². The molecule has 9 heteroatoms. The standard InChI is InChI=1S/C21H24FN3O4S/c1-21(2,3)15-8-6-14(7-9-15)20-23-19(29-24-20)13-25(4)30(26,27)18-12-16(22)10-11-17(18)28-5/h6-12H,13H2,1-5H3. The molecule has 0 radical (unpaired) electrons. The van der Waals surface area contributed by atoms with E-state index < -0.39 is 15.8 Å². The van der Waals surface area contributed by atoms with Gasteiger partial charge in [0, 0.05) is 12.6 Å². The number of nitrogens with zero attached hydrogens (tertiary/aromatic N) is 3. The summed E-state index contributed by atoms with van der Waals surface area (Å²) in [5.41, 5.74) is 1.95. The second-order valence-corrected chi connectivity index (χ2v) is 9.91. The lowest BCUT2D eigenvalue weighted by Crippen LogP contribution is -2.27. The molecular formula is C21H24FN3O4S. The van der Waals surface area contributed by atoms with E-state index in [1.807, 2.05) is 24.3 Å². The van der Waals surface area contributed by atoms with Crippen LogP contribution in [0.5, 0.6) is 5.75 Å². The fourth-order valence-electron chi connectivity index (χ4n) is 2.85. The van der Waals surface area contributed by atoms with Gasteiger partial charge in [-0.05, 0) is 29.2 Å². The van der Waals surface area contributed by atoms with E-state index in [1.165, 1.54) is 25.8 Å². The Morgan fingerprint density at radius 3 is 2.40 bits per heavy atom. The molecule has 0 fully saturated rings. The summed E-state index contributed by atoms with van der Waals surface area (Å²) in [4.78, 5) is 4.02. The molecule has 3 rings (SSSR count). The fourth-order valence-corrected chi connectivity index (χ4v) is 4.13. The van der Waals surface area contributed by atoms with E-state index in [4.69, 9.17) is 9.26 Å². The molecule has 0 spiro atoms. The highest BCUT2D eigenvalue weighted by molar-refractivity contribution is 7.89. The molecule has 3 aromatic rings. The van der Waals surface area contributed by atoms with Crippen LogP contribution in [0.1, 0.15) is 32.2 Å². The third-order valence-electron chi connectivity index (χ3n) is 4.65. The van der Waals surface area contributed by atoms with E-state index in [-0.39, 0.29) is 28.5 Å². The van der Waals surface area contributed by atoms with Crippen molar-refractivity contribution in [2.45, 2.75) is 37.6 Å². The average Bonchev–Trinajstić information content (AvgIpc) is 3.16. The maximum atomic E-state index is 13.6. The molecule has 2 aromatic carbocycles. The van der Waals surface area contributed by atoms with Gasteiger partial charge in [-0.2, -0.15) is 9.29 Å². The van der Waals surface area contributed by atoms with Crippen molar-refractivity contribution < 1.29 is 22.1 Å². The first-order valence-electron chi connectivity index (χ1n) is 9.26. The highest BCUT2D eigenvalue weighted by atomic mass is 32.2. The third kappa shape index (κ3) is 4.52. The van der Waals surface area contributed by atoms with E-state index in [9.17, 15) is 12.8 Å². The number of sulfonamides is 1. The lowest BCUT2D eigenvalue weighted by Gasteiger charge is -2.18. The lowest BCUT2D eigenvalue weighted by molar-refractivity contribution is 0.335. The quantitative estimate of drug-likeness (QED) is 0.584. The number of rotatable bonds is 6. The number of methoxy groups -OCH3 is 1. The maximum absolute atomic E-state index is 13.6. The number of hydrogen-bond donors (Lipinski definition) is 0. The smallest absolute Gasteiger partial charge is 0.247 e. The van der Waals surface area contributed by atoms with Crippen LogP contribution in [0.4, 0.5) is 4.39 Å². The van der Waals surface area contributed by atoms with Crippen LogP contribution in [0.15, 0.2) is 51.9 Å². The number of halogens is 1. The second-order valence-electron chi connectivity index (χ2n) is 7.90. The molecule has 160 valence electrons. The van der Waals surface area contributed by atoms with Crippen LogP contribution in [0.3, 0.4) is 0 Å². The summed E-state index contributed by atoms with van der Waals surface area (Å²) in [6, 6.07) is 11.1. The summed E-state index contributed by atoms with van der Waals surface area (Å²) < 4.78 is 50.6. The molecule has 0 atom stereocenters. The monoisotopic (exact) mass is 433 g/mol. The summed E-state index contributed by atoms with van der Waals surface area (Å²) in [5, 5.41) is 3.94. The van der Waals surface area contributed by atoms with Gasteiger partial charge in [-0.3, -0.25) is 0 Å². The van der Waals surface area contributed by atoms with Gasteiger partial charge in [-0.15, -0.1) is 0 Å². The normalized spacial score (nSPS) is 12.4. The van der Waals surface area contributed by atoms with Gasteiger partial charge in [0.2, 0.25) is 21.7 Å². The molecule has 1 aromatic heterocycles. The molecule has 0 aliphatic carbocycles. The van der Waals surface area contributed by atoms with Gasteiger partial charge < -0.3 is 9.26 Å². The minimum absolute atomic E-state index is 0.0238. The molecule has 1 heterocycles. The Labute approximate surface area is 175 Å². The lowest BCUT2D eigenvalue weighted by atomic mass is 9.87. The summed E-state index contributed by atoms with van der Waals surface area (Å²) in [6.45, 7) is 6.20. The van der Waals surface area contributed by atoms with Gasteiger partial charge in [0.05, 0.1) is 13.7 Å². The number of ether oxygens (including phenoxy) is 1. The molecule has 7 nitrogen and oxygen atoms in total. The third-order valence-corrected chi connectivity index (χ3v) is 6.47. The van der Waals surface area contributed by atoms with Gasteiger partial charge in [-0.1, -0.05) is 50.2 Å². The van der Waals surface area contributed by atoms with Crippen LogP contribution < -0.4 is 4.74 Å². The Kier molecular flexibility index (Phi) is 5.96. The molecule has 0 aliphatic rings. The summed E-state index contributed by atoms with van der Waals surface area (Å²) in [7, 11) is -1.37. The van der Waals surface area contributed by atoms with Crippen molar-refractivity contribution in [1.82, 2.24) is 14.4 Å². The van der Waals surface area contributed by atoms with E-state index in [0.29, 0.717) is 5.82 Å². The van der Waals surface area contributed by atoms with Crippen molar-refractivity contribution in [1.29, 1.82) is 0 Å². The Hall–Kier alpha value is -2.78. The Morgan fingerprint density at radius 2 is 1.80 bits per heavy atom. The van der Waals surface area contributed by atoms with Crippen LogP contribution in [0.25, 0.3) is 11.4 Å². The minimum Gasteiger partial charge on any atom is -0.495 e. The summed E-state index contributed by atoms with van der Waals surface area (Å²) >= 11 is 0. The SMILES string of the molecule is COc1ccc(F)cc1S(=O)(=O)N(C)Cc1nc(-c2ccc(C(C)(C)C)cc2)no1. The Morgan fingerprint density at radius 1 is 1.13 bits per heavy atom. The summed E-state index contributed by atoms with van der Waals surface area (Å²) in [5.74, 6) is -0.152. The van der Waals surface area contributed by atoms with Gasteiger partial charge in [0.25, 0.3) is 0 Å². The van der Waals surface area contributed by atoms with Crippen molar-refractivity contribution in [2.24, 2.45) is 0 Å². The zero-order valence-electron chi connectivity index (χ0n) is 17.5. The number of benzene rings is 2. The van der Waals surface area contributed by atoms with E-state index in [0.717, 1.165) is 22.0 Å². The molecule has 0 bridgehead atoms. The predicted molar refractivity (Wildman–Crippen MR) is 110 cm³/mol. The van der Waals surface area contributed by atoms with Crippen molar-refractivity contribution >= 4 is 10.0 Å². The molecule has 0 unspecified atom stereocenters. The second kappa shape index (κ2) is 8.16. The summed E-state index contributed by atoms with van der Waals surface area (Å²) in [6.07, 6.45) is 0.